The number of hydrogen-bond acceptors (Lipinski definition) is 2. The number of rotatable bonds is 7. The van der Waals surface area contributed by atoms with Crippen molar-refractivity contribution in [1.82, 2.24) is 4.90 Å². The standard InChI is InChI=1S/C20H24I2N2O/c1-5-9-24(6-2)13-23-19-10-15(4)20(11-14(19)3)25-16-7-8-17(21)18(22)12-16/h7-8,10-13H,5-6,9H2,1-4H3/b23-13+. The van der Waals surface area contributed by atoms with Crippen molar-refractivity contribution in [2.75, 3.05) is 13.1 Å². The Labute approximate surface area is 178 Å². The van der Waals surface area contributed by atoms with Crippen molar-refractivity contribution < 1.29 is 4.74 Å². The van der Waals surface area contributed by atoms with E-state index in [-0.39, 0.29) is 0 Å². The van der Waals surface area contributed by atoms with E-state index >= 15 is 0 Å². The van der Waals surface area contributed by atoms with E-state index in [9.17, 15) is 0 Å². The third kappa shape index (κ3) is 5.84. The molecular formula is C20H24I2N2O. The van der Waals surface area contributed by atoms with Crippen molar-refractivity contribution >= 4 is 57.2 Å². The summed E-state index contributed by atoms with van der Waals surface area (Å²) in [4.78, 5) is 6.90. The van der Waals surface area contributed by atoms with Gasteiger partial charge in [-0.1, -0.05) is 6.92 Å². The first kappa shape index (κ1) is 20.5. The Morgan fingerprint density at radius 2 is 1.80 bits per heavy atom. The van der Waals surface area contributed by atoms with Gasteiger partial charge in [-0.2, -0.15) is 0 Å². The lowest BCUT2D eigenvalue weighted by atomic mass is 10.1. The number of nitrogens with zero attached hydrogens (tertiary/aromatic N) is 2. The van der Waals surface area contributed by atoms with Gasteiger partial charge in [0, 0.05) is 20.2 Å². The van der Waals surface area contributed by atoms with Crippen LogP contribution in [0.5, 0.6) is 11.5 Å². The number of aliphatic imine (C=N–C) groups is 1. The molecule has 5 heteroatoms. The lowest BCUT2D eigenvalue weighted by Crippen LogP contribution is -2.21. The first-order valence-electron chi connectivity index (χ1n) is 8.47. The van der Waals surface area contributed by atoms with Gasteiger partial charge in [0.2, 0.25) is 0 Å². The predicted octanol–water partition coefficient (Wildman–Crippen LogP) is 6.70. The predicted molar refractivity (Wildman–Crippen MR) is 124 cm³/mol. The maximum atomic E-state index is 6.10. The third-order valence-electron chi connectivity index (χ3n) is 3.89. The third-order valence-corrected chi connectivity index (χ3v) is 6.75. The van der Waals surface area contributed by atoms with E-state index in [1.807, 2.05) is 12.4 Å². The number of aryl methyl sites for hydroxylation is 2. The van der Waals surface area contributed by atoms with E-state index in [0.29, 0.717) is 0 Å². The van der Waals surface area contributed by atoms with E-state index < -0.39 is 0 Å². The van der Waals surface area contributed by atoms with Crippen molar-refractivity contribution in [3.63, 3.8) is 0 Å². The van der Waals surface area contributed by atoms with E-state index in [1.54, 1.807) is 0 Å². The van der Waals surface area contributed by atoms with Crippen molar-refractivity contribution in [3.8, 4) is 11.5 Å². The van der Waals surface area contributed by atoms with Crippen LogP contribution in [0.15, 0.2) is 35.3 Å². The summed E-state index contributed by atoms with van der Waals surface area (Å²) < 4.78 is 8.52. The largest absolute Gasteiger partial charge is 0.457 e. The molecule has 2 aromatic rings. The highest BCUT2D eigenvalue weighted by Crippen LogP contribution is 2.32. The molecule has 0 saturated heterocycles. The SMILES string of the molecule is CCCN(/C=N/c1cc(C)c(Oc2ccc(I)c(I)c2)cc1C)CC. The van der Waals surface area contributed by atoms with Crippen LogP contribution >= 0.6 is 45.2 Å². The molecule has 0 fully saturated rings. The van der Waals surface area contributed by atoms with Crippen molar-refractivity contribution in [2.45, 2.75) is 34.1 Å². The molecule has 134 valence electrons. The first-order valence-corrected chi connectivity index (χ1v) is 10.6. The van der Waals surface area contributed by atoms with Crippen LogP contribution < -0.4 is 4.74 Å². The van der Waals surface area contributed by atoms with Gasteiger partial charge in [0.15, 0.2) is 0 Å². The van der Waals surface area contributed by atoms with Gasteiger partial charge in [-0.05, 0) is 114 Å². The maximum Gasteiger partial charge on any atom is 0.130 e. The van der Waals surface area contributed by atoms with Crippen LogP contribution in [0.25, 0.3) is 0 Å². The fraction of sp³-hybridized carbons (Fsp3) is 0.350. The van der Waals surface area contributed by atoms with Gasteiger partial charge in [-0.15, -0.1) is 0 Å². The summed E-state index contributed by atoms with van der Waals surface area (Å²) in [5.41, 5.74) is 3.20. The monoisotopic (exact) mass is 562 g/mol. The summed E-state index contributed by atoms with van der Waals surface area (Å²) in [6.07, 6.45) is 3.08. The first-order chi connectivity index (χ1) is 11.9. The number of benzene rings is 2. The van der Waals surface area contributed by atoms with Crippen LogP contribution in [-0.4, -0.2) is 24.3 Å². The normalized spacial score (nSPS) is 11.1. The Bertz CT molecular complexity index is 760. The Hall–Kier alpha value is -0.830. The molecule has 2 aromatic carbocycles. The summed E-state index contributed by atoms with van der Waals surface area (Å²) >= 11 is 4.66. The Balaban J connectivity index is 2.21. The molecule has 0 N–H and O–H groups in total. The summed E-state index contributed by atoms with van der Waals surface area (Å²) in [6.45, 7) is 10.5. The molecule has 0 aliphatic carbocycles. The fourth-order valence-corrected chi connectivity index (χ4v) is 3.24. The molecule has 0 bridgehead atoms. The Morgan fingerprint density at radius 3 is 2.44 bits per heavy atom. The summed E-state index contributed by atoms with van der Waals surface area (Å²) in [5, 5.41) is 0. The zero-order valence-corrected chi connectivity index (χ0v) is 19.5. The van der Waals surface area contributed by atoms with Gasteiger partial charge in [0.25, 0.3) is 0 Å². The van der Waals surface area contributed by atoms with Gasteiger partial charge in [0.1, 0.15) is 11.5 Å². The van der Waals surface area contributed by atoms with Gasteiger partial charge in [-0.25, -0.2) is 4.99 Å². The second kappa shape index (κ2) is 9.75. The van der Waals surface area contributed by atoms with Crippen molar-refractivity contribution in [2.24, 2.45) is 4.99 Å². The Morgan fingerprint density at radius 1 is 1.04 bits per heavy atom. The molecule has 0 heterocycles. The van der Waals surface area contributed by atoms with E-state index in [4.69, 9.17) is 4.74 Å². The molecule has 0 aromatic heterocycles. The molecule has 0 spiro atoms. The zero-order chi connectivity index (χ0) is 18.4. The molecular weight excluding hydrogens is 538 g/mol. The minimum Gasteiger partial charge on any atom is -0.457 e. The van der Waals surface area contributed by atoms with Gasteiger partial charge in [0.05, 0.1) is 12.0 Å². The number of hydrogen-bond donors (Lipinski definition) is 0. The van der Waals surface area contributed by atoms with Crippen LogP contribution in [0.1, 0.15) is 31.4 Å². The maximum absolute atomic E-state index is 6.10. The van der Waals surface area contributed by atoms with Crippen LogP contribution in [0, 0.1) is 21.0 Å². The Kier molecular flexibility index (Phi) is 7.99. The molecule has 25 heavy (non-hydrogen) atoms. The average molecular weight is 562 g/mol. The summed E-state index contributed by atoms with van der Waals surface area (Å²) in [5.74, 6) is 1.75. The lowest BCUT2D eigenvalue weighted by Gasteiger charge is -2.16. The summed E-state index contributed by atoms with van der Waals surface area (Å²) in [6, 6.07) is 10.3. The average Bonchev–Trinajstić information content (AvgIpc) is 2.58. The van der Waals surface area contributed by atoms with Gasteiger partial charge < -0.3 is 9.64 Å². The second-order valence-corrected chi connectivity index (χ2v) is 8.28. The highest BCUT2D eigenvalue weighted by Gasteiger charge is 2.08. The van der Waals surface area contributed by atoms with E-state index in [2.05, 4.69) is 107 Å². The minimum absolute atomic E-state index is 0.865. The van der Waals surface area contributed by atoms with Crippen molar-refractivity contribution in [1.29, 1.82) is 0 Å². The highest BCUT2D eigenvalue weighted by atomic mass is 127. The quantitative estimate of drug-likeness (QED) is 0.213. The molecule has 0 saturated carbocycles. The lowest BCUT2D eigenvalue weighted by molar-refractivity contribution is 0.452. The van der Waals surface area contributed by atoms with Gasteiger partial charge in [-0.3, -0.25) is 0 Å². The van der Waals surface area contributed by atoms with Crippen LogP contribution in [0.2, 0.25) is 0 Å². The number of halogens is 2. The molecule has 0 radical (unpaired) electrons. The zero-order valence-electron chi connectivity index (χ0n) is 15.1. The smallest absolute Gasteiger partial charge is 0.130 e. The van der Waals surface area contributed by atoms with Crippen LogP contribution in [0.4, 0.5) is 5.69 Å². The molecule has 2 rings (SSSR count). The topological polar surface area (TPSA) is 24.8 Å². The highest BCUT2D eigenvalue weighted by molar-refractivity contribution is 14.1. The van der Waals surface area contributed by atoms with Crippen molar-refractivity contribution in [3.05, 3.63) is 48.6 Å². The molecule has 3 nitrogen and oxygen atoms in total. The molecule has 0 amide bonds. The van der Waals surface area contributed by atoms with Crippen LogP contribution in [-0.2, 0) is 0 Å². The molecule has 0 aliphatic heterocycles. The number of ether oxygens (including phenoxy) is 1. The van der Waals surface area contributed by atoms with E-state index in [0.717, 1.165) is 47.8 Å². The van der Waals surface area contributed by atoms with Crippen LogP contribution in [0.3, 0.4) is 0 Å². The fourth-order valence-electron chi connectivity index (χ4n) is 2.42. The molecule has 0 unspecified atom stereocenters. The van der Waals surface area contributed by atoms with E-state index in [1.165, 1.54) is 7.14 Å². The molecule has 0 atom stereocenters. The van der Waals surface area contributed by atoms with Gasteiger partial charge >= 0.3 is 0 Å². The molecule has 0 aliphatic rings. The second-order valence-electron chi connectivity index (χ2n) is 5.96. The minimum atomic E-state index is 0.865. The summed E-state index contributed by atoms with van der Waals surface area (Å²) in [7, 11) is 0.